The first-order chi connectivity index (χ1) is 7.58. The van der Waals surface area contributed by atoms with Gasteiger partial charge in [0.2, 0.25) is 0 Å². The number of phenols is 1. The van der Waals surface area contributed by atoms with Crippen molar-refractivity contribution in [3.63, 3.8) is 0 Å². The van der Waals surface area contributed by atoms with Gasteiger partial charge < -0.3 is 20.3 Å². The van der Waals surface area contributed by atoms with Crippen LogP contribution in [0, 0.1) is 0 Å². The van der Waals surface area contributed by atoms with Crippen LogP contribution in [0.2, 0.25) is 0 Å². The minimum absolute atomic E-state index is 0.122. The summed E-state index contributed by atoms with van der Waals surface area (Å²) in [5.41, 5.74) is 0.125. The Balaban J connectivity index is 2.89. The van der Waals surface area contributed by atoms with Gasteiger partial charge in [-0.05, 0) is 25.1 Å². The molecule has 0 bridgehead atoms. The minimum Gasteiger partial charge on any atom is -0.507 e. The summed E-state index contributed by atoms with van der Waals surface area (Å²) in [4.78, 5) is 11.7. The van der Waals surface area contributed by atoms with E-state index in [1.54, 1.807) is 13.0 Å². The van der Waals surface area contributed by atoms with Gasteiger partial charge in [0, 0.05) is 6.04 Å². The second-order valence-corrected chi connectivity index (χ2v) is 3.44. The fourth-order valence-corrected chi connectivity index (χ4v) is 1.17. The largest absolute Gasteiger partial charge is 0.507 e. The van der Waals surface area contributed by atoms with E-state index < -0.39 is 5.91 Å². The van der Waals surface area contributed by atoms with Crippen LogP contribution in [0.15, 0.2) is 18.2 Å². The Labute approximate surface area is 93.7 Å². The molecule has 5 nitrogen and oxygen atoms in total. The highest BCUT2D eigenvalue weighted by Crippen LogP contribution is 2.22. The average molecular weight is 225 g/mol. The highest BCUT2D eigenvalue weighted by Gasteiger charge is 2.14. The maximum absolute atomic E-state index is 11.7. The van der Waals surface area contributed by atoms with Gasteiger partial charge in [-0.2, -0.15) is 0 Å². The zero-order valence-corrected chi connectivity index (χ0v) is 9.23. The number of phenolic OH excluding ortho intramolecular Hbond substituents is 1. The summed E-state index contributed by atoms with van der Waals surface area (Å²) in [7, 11) is 1.48. The van der Waals surface area contributed by atoms with E-state index in [2.05, 4.69) is 5.32 Å². The van der Waals surface area contributed by atoms with Crippen molar-refractivity contribution < 1.29 is 19.7 Å². The molecule has 88 valence electrons. The Morgan fingerprint density at radius 3 is 2.81 bits per heavy atom. The first-order valence-electron chi connectivity index (χ1n) is 4.87. The predicted molar refractivity (Wildman–Crippen MR) is 58.7 cm³/mol. The molecular formula is C11H15NO4. The molecule has 1 rings (SSSR count). The zero-order valence-electron chi connectivity index (χ0n) is 9.23. The number of rotatable bonds is 4. The average Bonchev–Trinajstić information content (AvgIpc) is 2.29. The molecule has 16 heavy (non-hydrogen) atoms. The molecule has 0 spiro atoms. The predicted octanol–water partition coefficient (Wildman–Crippen LogP) is 0.511. The quantitative estimate of drug-likeness (QED) is 0.697. The Kier molecular flexibility index (Phi) is 4.13. The number of carbonyl (C=O) groups is 1. The number of hydrogen-bond acceptors (Lipinski definition) is 4. The van der Waals surface area contributed by atoms with Gasteiger partial charge in [0.25, 0.3) is 5.91 Å². The molecule has 0 aromatic heterocycles. The second-order valence-electron chi connectivity index (χ2n) is 3.44. The smallest absolute Gasteiger partial charge is 0.255 e. The van der Waals surface area contributed by atoms with Gasteiger partial charge in [-0.3, -0.25) is 4.79 Å². The van der Waals surface area contributed by atoms with E-state index in [0.717, 1.165) is 0 Å². The Morgan fingerprint density at radius 2 is 2.25 bits per heavy atom. The lowest BCUT2D eigenvalue weighted by atomic mass is 10.1. The number of aromatic hydroxyl groups is 1. The SMILES string of the molecule is COc1ccc(O)c(C(=O)N[C@H](C)CO)c1. The number of aliphatic hydroxyl groups is 1. The number of nitrogens with one attached hydrogen (secondary N) is 1. The van der Waals surface area contributed by atoms with Crippen molar-refractivity contribution in [3.8, 4) is 11.5 Å². The van der Waals surface area contributed by atoms with E-state index in [1.807, 2.05) is 0 Å². The third kappa shape index (κ3) is 2.87. The van der Waals surface area contributed by atoms with Gasteiger partial charge in [0.15, 0.2) is 0 Å². The minimum atomic E-state index is -0.446. The molecule has 5 heteroatoms. The lowest BCUT2D eigenvalue weighted by Crippen LogP contribution is -2.35. The van der Waals surface area contributed by atoms with Crippen LogP contribution in [-0.2, 0) is 0 Å². The van der Waals surface area contributed by atoms with E-state index in [1.165, 1.54) is 19.2 Å². The van der Waals surface area contributed by atoms with Crippen molar-refractivity contribution in [1.82, 2.24) is 5.32 Å². The monoisotopic (exact) mass is 225 g/mol. The summed E-state index contributed by atoms with van der Waals surface area (Å²) < 4.78 is 4.95. The molecule has 0 aliphatic carbocycles. The third-order valence-electron chi connectivity index (χ3n) is 2.10. The molecule has 0 radical (unpaired) electrons. The lowest BCUT2D eigenvalue weighted by Gasteiger charge is -2.12. The normalized spacial score (nSPS) is 11.9. The van der Waals surface area contributed by atoms with E-state index in [9.17, 15) is 9.90 Å². The maximum atomic E-state index is 11.7. The van der Waals surface area contributed by atoms with Gasteiger partial charge in [-0.15, -0.1) is 0 Å². The van der Waals surface area contributed by atoms with E-state index in [4.69, 9.17) is 9.84 Å². The van der Waals surface area contributed by atoms with Crippen LogP contribution in [-0.4, -0.2) is 35.9 Å². The Bertz CT molecular complexity index is 378. The first kappa shape index (κ1) is 12.3. The zero-order chi connectivity index (χ0) is 12.1. The van der Waals surface area contributed by atoms with E-state index in [-0.39, 0.29) is 24.0 Å². The van der Waals surface area contributed by atoms with Crippen molar-refractivity contribution in [3.05, 3.63) is 23.8 Å². The molecule has 0 saturated heterocycles. The summed E-state index contributed by atoms with van der Waals surface area (Å²) >= 11 is 0. The number of amides is 1. The lowest BCUT2D eigenvalue weighted by molar-refractivity contribution is 0.0919. The Morgan fingerprint density at radius 1 is 1.56 bits per heavy atom. The summed E-state index contributed by atoms with van der Waals surface area (Å²) in [6.07, 6.45) is 0. The van der Waals surface area contributed by atoms with Gasteiger partial charge in [-0.1, -0.05) is 0 Å². The molecule has 1 atom stereocenters. The second kappa shape index (κ2) is 5.37. The molecule has 1 aromatic rings. The molecular weight excluding hydrogens is 210 g/mol. The molecule has 1 aromatic carbocycles. The van der Waals surface area contributed by atoms with Crippen LogP contribution in [0.5, 0.6) is 11.5 Å². The van der Waals surface area contributed by atoms with Gasteiger partial charge in [-0.25, -0.2) is 0 Å². The van der Waals surface area contributed by atoms with Crippen LogP contribution in [0.25, 0.3) is 0 Å². The van der Waals surface area contributed by atoms with Crippen LogP contribution in [0.4, 0.5) is 0 Å². The molecule has 1 amide bonds. The molecule has 0 aliphatic rings. The molecule has 0 heterocycles. The van der Waals surface area contributed by atoms with E-state index >= 15 is 0 Å². The summed E-state index contributed by atoms with van der Waals surface area (Å²) in [5.74, 6) is -0.0824. The van der Waals surface area contributed by atoms with E-state index in [0.29, 0.717) is 5.75 Å². The van der Waals surface area contributed by atoms with Crippen molar-refractivity contribution in [2.24, 2.45) is 0 Å². The van der Waals surface area contributed by atoms with Crippen molar-refractivity contribution in [1.29, 1.82) is 0 Å². The third-order valence-corrected chi connectivity index (χ3v) is 2.10. The molecule has 0 aliphatic heterocycles. The van der Waals surface area contributed by atoms with Crippen molar-refractivity contribution in [2.45, 2.75) is 13.0 Å². The van der Waals surface area contributed by atoms with Crippen molar-refractivity contribution >= 4 is 5.91 Å². The summed E-state index contributed by atoms with van der Waals surface area (Å²) in [6.45, 7) is 1.51. The molecule has 0 saturated carbocycles. The van der Waals surface area contributed by atoms with Crippen molar-refractivity contribution in [2.75, 3.05) is 13.7 Å². The number of ether oxygens (including phenoxy) is 1. The van der Waals surface area contributed by atoms with Gasteiger partial charge in [0.1, 0.15) is 11.5 Å². The van der Waals surface area contributed by atoms with Crippen LogP contribution >= 0.6 is 0 Å². The van der Waals surface area contributed by atoms with Gasteiger partial charge >= 0.3 is 0 Å². The highest BCUT2D eigenvalue weighted by molar-refractivity contribution is 5.97. The molecule has 0 unspecified atom stereocenters. The van der Waals surface area contributed by atoms with Gasteiger partial charge in [0.05, 0.1) is 19.3 Å². The topological polar surface area (TPSA) is 78.8 Å². The molecule has 3 N–H and O–H groups in total. The summed E-state index contributed by atoms with van der Waals surface area (Å²) in [6, 6.07) is 4.02. The van der Waals surface area contributed by atoms with Crippen LogP contribution in [0.1, 0.15) is 17.3 Å². The highest BCUT2D eigenvalue weighted by atomic mass is 16.5. The molecule has 0 fully saturated rings. The standard InChI is InChI=1S/C11H15NO4/c1-7(6-13)12-11(15)9-5-8(16-2)3-4-10(9)14/h3-5,7,13-14H,6H2,1-2H3,(H,12,15)/t7-/m1/s1. The number of benzene rings is 1. The van der Waals surface area contributed by atoms with Crippen LogP contribution in [0.3, 0.4) is 0 Å². The number of hydrogen-bond donors (Lipinski definition) is 3. The maximum Gasteiger partial charge on any atom is 0.255 e. The number of aliphatic hydroxyl groups excluding tert-OH is 1. The number of methoxy groups -OCH3 is 1. The fourth-order valence-electron chi connectivity index (χ4n) is 1.17. The Hall–Kier alpha value is -1.75. The number of carbonyl (C=O) groups excluding carboxylic acids is 1. The first-order valence-corrected chi connectivity index (χ1v) is 4.87. The fraction of sp³-hybridized carbons (Fsp3) is 0.364. The van der Waals surface area contributed by atoms with Crippen LogP contribution < -0.4 is 10.1 Å². The summed E-state index contributed by atoms with van der Waals surface area (Å²) in [5, 5.41) is 20.8.